The molecule has 2 aromatic carbocycles. The molecule has 226 valence electrons. The van der Waals surface area contributed by atoms with E-state index in [9.17, 15) is 14.4 Å². The van der Waals surface area contributed by atoms with Crippen molar-refractivity contribution in [1.82, 2.24) is 4.57 Å². The van der Waals surface area contributed by atoms with Gasteiger partial charge in [-0.3, -0.25) is 19.0 Å². The standard InChI is InChI=1S/C32H39NO7S2/c1-22-8-10-24(11-9-22)32(36)33-23(2)27(28-20-25(37-3)12-13-29(28)33)21-31(35)40-18-16-38-15-17-39-30(34)7-5-4-6-26-14-19-41-42-26/h8-13,20,26H,4-7,14-19,21H2,1-3H3. The third-order valence-electron chi connectivity index (χ3n) is 7.23. The lowest BCUT2D eigenvalue weighted by atomic mass is 10.1. The Morgan fingerprint density at radius 1 is 0.929 bits per heavy atom. The Kier molecular flexibility index (Phi) is 12.2. The van der Waals surface area contributed by atoms with Crippen molar-refractivity contribution < 1.29 is 33.3 Å². The topological polar surface area (TPSA) is 93.1 Å². The molecule has 1 unspecified atom stereocenters. The van der Waals surface area contributed by atoms with E-state index in [4.69, 9.17) is 18.9 Å². The average molecular weight is 614 g/mol. The van der Waals surface area contributed by atoms with Crippen LogP contribution in [-0.4, -0.2) is 67.0 Å². The molecule has 1 aromatic heterocycles. The molecule has 10 heteroatoms. The van der Waals surface area contributed by atoms with Crippen LogP contribution < -0.4 is 4.74 Å². The number of carbonyl (C=O) groups is 3. The van der Waals surface area contributed by atoms with E-state index in [1.54, 1.807) is 29.9 Å². The molecule has 1 aliphatic rings. The van der Waals surface area contributed by atoms with Gasteiger partial charge in [0, 0.05) is 34.1 Å². The van der Waals surface area contributed by atoms with Gasteiger partial charge < -0.3 is 18.9 Å². The van der Waals surface area contributed by atoms with Gasteiger partial charge in [-0.2, -0.15) is 0 Å². The highest BCUT2D eigenvalue weighted by Crippen LogP contribution is 2.40. The number of aromatic nitrogens is 1. The Balaban J connectivity index is 1.22. The Morgan fingerprint density at radius 3 is 2.36 bits per heavy atom. The normalized spacial score (nSPS) is 14.7. The molecular formula is C32H39NO7S2. The van der Waals surface area contributed by atoms with Crippen LogP contribution in [0, 0.1) is 13.8 Å². The molecular weight excluding hydrogens is 574 g/mol. The highest BCUT2D eigenvalue weighted by molar-refractivity contribution is 8.77. The van der Waals surface area contributed by atoms with Crippen LogP contribution in [0.25, 0.3) is 10.9 Å². The van der Waals surface area contributed by atoms with Gasteiger partial charge >= 0.3 is 11.9 Å². The van der Waals surface area contributed by atoms with Crippen LogP contribution in [0.3, 0.4) is 0 Å². The molecule has 42 heavy (non-hydrogen) atoms. The number of esters is 2. The van der Waals surface area contributed by atoms with E-state index in [2.05, 4.69) is 0 Å². The predicted molar refractivity (Wildman–Crippen MR) is 167 cm³/mol. The summed E-state index contributed by atoms with van der Waals surface area (Å²) in [6.07, 6.45) is 4.75. The zero-order chi connectivity index (χ0) is 29.9. The second kappa shape index (κ2) is 16.0. The van der Waals surface area contributed by atoms with E-state index >= 15 is 0 Å². The number of carbonyl (C=O) groups excluding carboxylic acids is 3. The van der Waals surface area contributed by atoms with Crippen molar-refractivity contribution in [3.63, 3.8) is 0 Å². The molecule has 1 aliphatic heterocycles. The lowest BCUT2D eigenvalue weighted by molar-refractivity contribution is -0.146. The summed E-state index contributed by atoms with van der Waals surface area (Å²) < 4.78 is 23.2. The number of fused-ring (bicyclic) bond motifs is 1. The lowest BCUT2D eigenvalue weighted by Crippen LogP contribution is -2.16. The minimum Gasteiger partial charge on any atom is -0.497 e. The van der Waals surface area contributed by atoms with Gasteiger partial charge in [0.1, 0.15) is 19.0 Å². The van der Waals surface area contributed by atoms with Crippen molar-refractivity contribution in [2.45, 2.75) is 57.6 Å². The van der Waals surface area contributed by atoms with Crippen LogP contribution in [0.4, 0.5) is 0 Å². The maximum Gasteiger partial charge on any atom is 0.310 e. The number of ether oxygens (including phenoxy) is 4. The fraction of sp³-hybridized carbons (Fsp3) is 0.469. The molecule has 0 bridgehead atoms. The molecule has 1 saturated heterocycles. The number of rotatable bonds is 15. The Hall–Kier alpha value is -2.95. The Labute approximate surface area is 255 Å². The van der Waals surface area contributed by atoms with E-state index in [-0.39, 0.29) is 44.7 Å². The van der Waals surface area contributed by atoms with Crippen LogP contribution in [0.15, 0.2) is 42.5 Å². The monoisotopic (exact) mass is 613 g/mol. The SMILES string of the molecule is COc1ccc2c(c1)c(CC(=O)OCCOCCOC(=O)CCCCC1CCSS1)c(C)n2C(=O)c1ccc(C)cc1. The summed E-state index contributed by atoms with van der Waals surface area (Å²) in [5.74, 6) is 1.07. The third kappa shape index (κ3) is 8.78. The van der Waals surface area contributed by atoms with E-state index in [1.165, 1.54) is 12.2 Å². The van der Waals surface area contributed by atoms with Gasteiger partial charge in [-0.1, -0.05) is 45.7 Å². The van der Waals surface area contributed by atoms with E-state index in [0.717, 1.165) is 35.5 Å². The van der Waals surface area contributed by atoms with E-state index < -0.39 is 5.97 Å². The number of hydrogen-bond acceptors (Lipinski definition) is 9. The van der Waals surface area contributed by atoms with Crippen molar-refractivity contribution in [3.05, 3.63) is 64.8 Å². The highest BCUT2D eigenvalue weighted by atomic mass is 33.1. The third-order valence-corrected chi connectivity index (χ3v) is 10.2. The van der Waals surface area contributed by atoms with E-state index in [1.807, 2.05) is 59.7 Å². The van der Waals surface area contributed by atoms with Gasteiger partial charge in [-0.05, 0) is 69.0 Å². The number of hydrogen-bond donors (Lipinski definition) is 0. The molecule has 0 saturated carbocycles. The molecule has 1 fully saturated rings. The zero-order valence-electron chi connectivity index (χ0n) is 24.5. The second-order valence-corrected chi connectivity index (χ2v) is 13.0. The second-order valence-electron chi connectivity index (χ2n) is 10.3. The van der Waals surface area contributed by atoms with Gasteiger partial charge in [-0.15, -0.1) is 0 Å². The first kappa shape index (κ1) is 32.0. The van der Waals surface area contributed by atoms with Crippen LogP contribution in [0.1, 0.15) is 59.3 Å². The van der Waals surface area contributed by atoms with Gasteiger partial charge in [0.2, 0.25) is 0 Å². The van der Waals surface area contributed by atoms with Gasteiger partial charge in [0.15, 0.2) is 0 Å². The summed E-state index contributed by atoms with van der Waals surface area (Å²) >= 11 is 0. The summed E-state index contributed by atoms with van der Waals surface area (Å²) in [5, 5.41) is 1.49. The molecule has 3 aromatic rings. The molecule has 0 amide bonds. The summed E-state index contributed by atoms with van der Waals surface area (Å²) in [6.45, 7) is 4.50. The molecule has 4 rings (SSSR count). The quantitative estimate of drug-likeness (QED) is 0.111. The Morgan fingerprint density at radius 2 is 1.67 bits per heavy atom. The van der Waals surface area contributed by atoms with Crippen LogP contribution >= 0.6 is 21.6 Å². The molecule has 0 radical (unpaired) electrons. The minimum absolute atomic E-state index is 0.000433. The van der Waals surface area contributed by atoms with E-state index in [0.29, 0.717) is 34.5 Å². The first-order chi connectivity index (χ1) is 20.4. The number of benzene rings is 2. The summed E-state index contributed by atoms with van der Waals surface area (Å²) in [7, 11) is 5.48. The van der Waals surface area contributed by atoms with Crippen LogP contribution in [0.2, 0.25) is 0 Å². The molecule has 1 atom stereocenters. The smallest absolute Gasteiger partial charge is 0.310 e. The first-order valence-corrected chi connectivity index (χ1v) is 16.7. The molecule has 0 N–H and O–H groups in total. The molecule has 0 spiro atoms. The van der Waals surface area contributed by atoms with Crippen molar-refractivity contribution in [1.29, 1.82) is 0 Å². The highest BCUT2D eigenvalue weighted by Gasteiger charge is 2.22. The van der Waals surface area contributed by atoms with Crippen LogP contribution in [0.5, 0.6) is 5.75 Å². The fourth-order valence-corrected chi connectivity index (χ4v) is 7.93. The largest absolute Gasteiger partial charge is 0.497 e. The summed E-state index contributed by atoms with van der Waals surface area (Å²) in [4.78, 5) is 38.1. The van der Waals surface area contributed by atoms with Gasteiger partial charge in [-0.25, -0.2) is 0 Å². The number of nitrogens with zero attached hydrogens (tertiary/aromatic N) is 1. The van der Waals surface area contributed by atoms with Gasteiger partial charge in [0.25, 0.3) is 5.91 Å². The molecule has 0 aliphatic carbocycles. The summed E-state index contributed by atoms with van der Waals surface area (Å²) in [5.41, 5.74) is 3.72. The van der Waals surface area contributed by atoms with Crippen molar-refractivity contribution in [3.8, 4) is 5.75 Å². The molecule has 2 heterocycles. The number of unbranched alkanes of at least 4 members (excludes halogenated alkanes) is 1. The van der Waals surface area contributed by atoms with Crippen molar-refractivity contribution in [2.75, 3.05) is 39.3 Å². The minimum atomic E-state index is -0.424. The van der Waals surface area contributed by atoms with Gasteiger partial charge in [0.05, 0.1) is 32.3 Å². The average Bonchev–Trinajstić information content (AvgIpc) is 3.60. The van der Waals surface area contributed by atoms with Crippen molar-refractivity contribution >= 4 is 50.3 Å². The first-order valence-electron chi connectivity index (χ1n) is 14.3. The van der Waals surface area contributed by atoms with Crippen LogP contribution in [-0.2, 0) is 30.2 Å². The molecule has 8 nitrogen and oxygen atoms in total. The van der Waals surface area contributed by atoms with Crippen molar-refractivity contribution in [2.24, 2.45) is 0 Å². The maximum absolute atomic E-state index is 13.5. The lowest BCUT2D eigenvalue weighted by Gasteiger charge is -2.09. The number of methoxy groups -OCH3 is 1. The maximum atomic E-state index is 13.5. The zero-order valence-corrected chi connectivity index (χ0v) is 26.2. The fourth-order valence-electron chi connectivity index (χ4n) is 4.90. The predicted octanol–water partition coefficient (Wildman–Crippen LogP) is 6.31. The number of aryl methyl sites for hydroxylation is 1. The Bertz CT molecular complexity index is 1360. The summed E-state index contributed by atoms with van der Waals surface area (Å²) in [6, 6.07) is 12.9.